The highest BCUT2D eigenvalue weighted by Crippen LogP contribution is 2.37. The lowest BCUT2D eigenvalue weighted by molar-refractivity contribution is -0.385. The Kier molecular flexibility index (Phi) is 3.12. The van der Waals surface area contributed by atoms with Gasteiger partial charge in [0.05, 0.1) is 15.8 Å². The van der Waals surface area contributed by atoms with Gasteiger partial charge in [-0.2, -0.15) is 0 Å². The Morgan fingerprint density at radius 1 is 1.10 bits per heavy atom. The van der Waals surface area contributed by atoms with Crippen molar-refractivity contribution < 1.29 is 14.8 Å². The molecule has 0 amide bonds. The molecule has 0 fully saturated rings. The van der Waals surface area contributed by atoms with E-state index in [0.29, 0.717) is 16.7 Å². The van der Waals surface area contributed by atoms with Crippen LogP contribution in [0.2, 0.25) is 0 Å². The molecule has 0 unspecified atom stereocenters. The number of hydrogen-bond donors (Lipinski definition) is 1. The largest absolute Gasteiger partial charge is 0.508 e. The van der Waals surface area contributed by atoms with E-state index in [1.165, 1.54) is 30.5 Å². The molecule has 3 aromatic rings. The fourth-order valence-electron chi connectivity index (χ4n) is 1.97. The number of rotatable bonds is 3. The predicted octanol–water partition coefficient (Wildman–Crippen LogP) is 3.64. The van der Waals surface area contributed by atoms with Crippen molar-refractivity contribution in [3.05, 3.63) is 64.8 Å². The quantitative estimate of drug-likeness (QED) is 0.585. The van der Waals surface area contributed by atoms with Crippen molar-refractivity contribution in [2.45, 2.75) is 0 Å². The maximum Gasteiger partial charge on any atom is 0.330 e. The molecule has 0 bridgehead atoms. The molecular formula is C15H10N2O4. The molecule has 0 aliphatic heterocycles. The fraction of sp³-hybridized carbons (Fsp3) is 0. The maximum absolute atomic E-state index is 11.2. The number of ether oxygens (including phenoxy) is 1. The summed E-state index contributed by atoms with van der Waals surface area (Å²) in [5, 5.41) is 21.0. The van der Waals surface area contributed by atoms with Crippen molar-refractivity contribution in [1.29, 1.82) is 0 Å². The van der Waals surface area contributed by atoms with Crippen LogP contribution in [0.5, 0.6) is 17.2 Å². The number of benzene rings is 2. The summed E-state index contributed by atoms with van der Waals surface area (Å²) >= 11 is 0. The van der Waals surface area contributed by atoms with Crippen LogP contribution in [0.15, 0.2) is 54.7 Å². The van der Waals surface area contributed by atoms with E-state index < -0.39 is 4.92 Å². The number of aromatic nitrogens is 1. The molecule has 0 aliphatic rings. The molecule has 1 heterocycles. The molecule has 6 heteroatoms. The third-order valence-electron chi connectivity index (χ3n) is 2.96. The van der Waals surface area contributed by atoms with Gasteiger partial charge in [-0.05, 0) is 36.4 Å². The number of nitro groups is 1. The van der Waals surface area contributed by atoms with E-state index in [9.17, 15) is 15.2 Å². The van der Waals surface area contributed by atoms with Gasteiger partial charge in [0, 0.05) is 0 Å². The lowest BCUT2D eigenvalue weighted by Gasteiger charge is -2.09. The van der Waals surface area contributed by atoms with Gasteiger partial charge in [0.25, 0.3) is 0 Å². The summed E-state index contributed by atoms with van der Waals surface area (Å²) in [6, 6.07) is 13.0. The number of aromatic hydroxyl groups is 1. The zero-order chi connectivity index (χ0) is 14.8. The normalized spacial score (nSPS) is 10.5. The highest BCUT2D eigenvalue weighted by molar-refractivity contribution is 5.88. The van der Waals surface area contributed by atoms with Crippen LogP contribution in [-0.4, -0.2) is 15.0 Å². The van der Waals surface area contributed by atoms with Crippen LogP contribution in [0.1, 0.15) is 0 Å². The SMILES string of the molecule is O=[N+]([O-])c1cnc2ccccc2c1Oc1ccc(O)cc1. The standard InChI is InChI=1S/C15H10N2O4/c18-10-5-7-11(8-6-10)21-15-12-3-1-2-4-13(12)16-9-14(15)17(19)20/h1-9,18H. The average molecular weight is 282 g/mol. The molecule has 0 saturated carbocycles. The summed E-state index contributed by atoms with van der Waals surface area (Å²) in [6.07, 6.45) is 1.18. The first-order valence-electron chi connectivity index (χ1n) is 6.14. The Labute approximate surface area is 119 Å². The molecular weight excluding hydrogens is 272 g/mol. The van der Waals surface area contributed by atoms with Gasteiger partial charge in [-0.1, -0.05) is 12.1 Å². The molecule has 0 atom stereocenters. The summed E-state index contributed by atoms with van der Waals surface area (Å²) in [5.74, 6) is 0.625. The first-order valence-corrected chi connectivity index (χ1v) is 6.14. The van der Waals surface area contributed by atoms with Crippen molar-refractivity contribution in [3.63, 3.8) is 0 Å². The lowest BCUT2D eigenvalue weighted by atomic mass is 10.2. The van der Waals surface area contributed by atoms with Crippen molar-refractivity contribution in [2.75, 3.05) is 0 Å². The number of fused-ring (bicyclic) bond motifs is 1. The molecule has 6 nitrogen and oxygen atoms in total. The zero-order valence-electron chi connectivity index (χ0n) is 10.8. The molecule has 104 valence electrons. The lowest BCUT2D eigenvalue weighted by Crippen LogP contribution is -1.96. The van der Waals surface area contributed by atoms with Gasteiger partial charge >= 0.3 is 5.69 Å². The highest BCUT2D eigenvalue weighted by atomic mass is 16.6. The van der Waals surface area contributed by atoms with Crippen LogP contribution in [0.4, 0.5) is 5.69 Å². The summed E-state index contributed by atoms with van der Waals surface area (Å²) in [4.78, 5) is 14.7. The number of hydrogen-bond acceptors (Lipinski definition) is 5. The number of nitrogens with zero attached hydrogens (tertiary/aromatic N) is 2. The number of pyridine rings is 1. The topological polar surface area (TPSA) is 85.5 Å². The molecule has 0 radical (unpaired) electrons. The number of phenolic OH excluding ortho intramolecular Hbond substituents is 1. The van der Waals surface area contributed by atoms with E-state index in [4.69, 9.17) is 4.74 Å². The van der Waals surface area contributed by atoms with E-state index >= 15 is 0 Å². The number of para-hydroxylation sites is 1. The van der Waals surface area contributed by atoms with Gasteiger partial charge in [-0.25, -0.2) is 4.98 Å². The van der Waals surface area contributed by atoms with Crippen molar-refractivity contribution in [3.8, 4) is 17.2 Å². The van der Waals surface area contributed by atoms with Crippen LogP contribution < -0.4 is 4.74 Å². The van der Waals surface area contributed by atoms with Gasteiger partial charge < -0.3 is 9.84 Å². The van der Waals surface area contributed by atoms with Gasteiger partial charge in [-0.3, -0.25) is 10.1 Å². The summed E-state index contributed by atoms with van der Waals surface area (Å²) < 4.78 is 5.65. The maximum atomic E-state index is 11.2. The van der Waals surface area contributed by atoms with E-state index in [2.05, 4.69) is 4.98 Å². The second-order valence-electron chi connectivity index (χ2n) is 4.34. The molecule has 1 aromatic heterocycles. The monoisotopic (exact) mass is 282 g/mol. The minimum Gasteiger partial charge on any atom is -0.508 e. The van der Waals surface area contributed by atoms with Crippen molar-refractivity contribution >= 4 is 16.6 Å². The minimum absolute atomic E-state index is 0.0939. The van der Waals surface area contributed by atoms with E-state index in [-0.39, 0.29) is 17.2 Å². The fourth-order valence-corrected chi connectivity index (χ4v) is 1.97. The summed E-state index contributed by atoms with van der Waals surface area (Å²) in [5.41, 5.74) is 0.402. The molecule has 0 saturated heterocycles. The van der Waals surface area contributed by atoms with Crippen LogP contribution in [0.3, 0.4) is 0 Å². The first kappa shape index (κ1) is 12.9. The second kappa shape index (κ2) is 5.09. The third-order valence-corrected chi connectivity index (χ3v) is 2.96. The minimum atomic E-state index is -0.533. The Bertz CT molecular complexity index is 816. The van der Waals surface area contributed by atoms with Crippen molar-refractivity contribution in [1.82, 2.24) is 4.98 Å². The predicted molar refractivity (Wildman–Crippen MR) is 76.6 cm³/mol. The molecule has 0 aliphatic carbocycles. The summed E-state index contributed by atoms with van der Waals surface area (Å²) in [7, 11) is 0. The van der Waals surface area contributed by atoms with E-state index in [0.717, 1.165) is 0 Å². The van der Waals surface area contributed by atoms with Gasteiger partial charge in [-0.15, -0.1) is 0 Å². The van der Waals surface area contributed by atoms with E-state index in [1.807, 2.05) is 0 Å². The van der Waals surface area contributed by atoms with Crippen LogP contribution in [0, 0.1) is 10.1 Å². The van der Waals surface area contributed by atoms with Gasteiger partial charge in [0.1, 0.15) is 17.7 Å². The van der Waals surface area contributed by atoms with Gasteiger partial charge in [0.15, 0.2) is 0 Å². The Morgan fingerprint density at radius 2 is 1.81 bits per heavy atom. The Hall–Kier alpha value is -3.15. The molecule has 2 aromatic carbocycles. The summed E-state index contributed by atoms with van der Waals surface area (Å²) in [6.45, 7) is 0. The van der Waals surface area contributed by atoms with Crippen molar-refractivity contribution in [2.24, 2.45) is 0 Å². The first-order chi connectivity index (χ1) is 10.1. The van der Waals surface area contributed by atoms with Crippen LogP contribution in [0.25, 0.3) is 10.9 Å². The van der Waals surface area contributed by atoms with E-state index in [1.54, 1.807) is 24.3 Å². The average Bonchev–Trinajstić information content (AvgIpc) is 2.49. The van der Waals surface area contributed by atoms with Gasteiger partial charge in [0.2, 0.25) is 5.75 Å². The Balaban J connectivity index is 2.16. The zero-order valence-corrected chi connectivity index (χ0v) is 10.8. The smallest absolute Gasteiger partial charge is 0.330 e. The highest BCUT2D eigenvalue weighted by Gasteiger charge is 2.20. The molecule has 21 heavy (non-hydrogen) atoms. The number of phenols is 1. The van der Waals surface area contributed by atoms with Crippen LogP contribution in [-0.2, 0) is 0 Å². The molecule has 3 rings (SSSR count). The molecule has 0 spiro atoms. The van der Waals surface area contributed by atoms with Crippen LogP contribution >= 0.6 is 0 Å². The second-order valence-corrected chi connectivity index (χ2v) is 4.34. The third kappa shape index (κ3) is 2.46. The molecule has 1 N–H and O–H groups in total. The Morgan fingerprint density at radius 3 is 2.52 bits per heavy atom.